The van der Waals surface area contributed by atoms with Crippen LogP contribution in [0.25, 0.3) is 29.1 Å². The molecule has 0 amide bonds. The largest absolute Gasteiger partial charge is 0.476 e. The summed E-state index contributed by atoms with van der Waals surface area (Å²) in [6.07, 6.45) is 7.36. The number of aromatic nitrogens is 7. The van der Waals surface area contributed by atoms with Gasteiger partial charge in [0.05, 0.1) is 60.8 Å². The molecule has 0 radical (unpaired) electrons. The lowest BCUT2D eigenvalue weighted by Gasteiger charge is -2.23. The summed E-state index contributed by atoms with van der Waals surface area (Å²) in [4.78, 5) is 11.3. The van der Waals surface area contributed by atoms with Crippen LogP contribution in [0.1, 0.15) is 36.5 Å². The number of aliphatic hydroxyl groups excluding tert-OH is 1. The van der Waals surface area contributed by atoms with Gasteiger partial charge in [-0.3, -0.25) is 14.0 Å². The van der Waals surface area contributed by atoms with E-state index in [0.29, 0.717) is 55.0 Å². The van der Waals surface area contributed by atoms with Crippen LogP contribution in [-0.4, -0.2) is 84.0 Å². The van der Waals surface area contributed by atoms with Crippen molar-refractivity contribution in [2.45, 2.75) is 39.6 Å². The Labute approximate surface area is 226 Å². The first-order valence-electron chi connectivity index (χ1n) is 12.9. The molecule has 0 saturated heterocycles. The Kier molecular flexibility index (Phi) is 7.55. The van der Waals surface area contributed by atoms with Crippen LogP contribution >= 0.6 is 0 Å². The van der Waals surface area contributed by atoms with Crippen molar-refractivity contribution in [3.8, 4) is 23.0 Å². The SMILES string of the molecule is CCOc1nn(CCO)c2c1/C=C/c1cnc3c(N)nc(cn13)-c1c(COC)nn(C)c1O[C@@H](C)CN(C)C2. The van der Waals surface area contributed by atoms with Crippen molar-refractivity contribution in [3.63, 3.8) is 0 Å². The van der Waals surface area contributed by atoms with Gasteiger partial charge in [0.25, 0.3) is 0 Å². The first-order valence-corrected chi connectivity index (χ1v) is 12.9. The first-order chi connectivity index (χ1) is 18.8. The van der Waals surface area contributed by atoms with Crippen molar-refractivity contribution in [2.24, 2.45) is 7.05 Å². The van der Waals surface area contributed by atoms with Gasteiger partial charge in [0, 0.05) is 33.4 Å². The van der Waals surface area contributed by atoms with Crippen molar-refractivity contribution >= 4 is 23.6 Å². The van der Waals surface area contributed by atoms with Gasteiger partial charge in [-0.2, -0.15) is 5.10 Å². The number of hydrogen-bond acceptors (Lipinski definition) is 10. The van der Waals surface area contributed by atoms with Crippen LogP contribution in [0, 0.1) is 0 Å². The quantitative estimate of drug-likeness (QED) is 0.374. The van der Waals surface area contributed by atoms with Crippen LogP contribution in [0.3, 0.4) is 0 Å². The average molecular weight is 538 g/mol. The summed E-state index contributed by atoms with van der Waals surface area (Å²) in [6.45, 7) is 6.17. The van der Waals surface area contributed by atoms with Gasteiger partial charge in [0.1, 0.15) is 11.8 Å². The number of nitrogens with two attached hydrogens (primary N) is 1. The number of ether oxygens (including phenoxy) is 3. The number of nitrogen functional groups attached to an aromatic ring is 1. The molecular weight excluding hydrogens is 502 g/mol. The lowest BCUT2D eigenvalue weighted by atomic mass is 10.1. The van der Waals surface area contributed by atoms with E-state index in [9.17, 15) is 5.11 Å². The maximum Gasteiger partial charge on any atom is 0.240 e. The molecule has 0 aromatic carbocycles. The maximum absolute atomic E-state index is 9.71. The van der Waals surface area contributed by atoms with Gasteiger partial charge in [0.15, 0.2) is 11.5 Å². The fourth-order valence-electron chi connectivity index (χ4n) is 4.97. The standard InChI is InChI=1S/C26H35N9O4/c1-6-38-25-18-8-7-17-11-28-24-23(27)29-19(13-34(17)24)22-20(15-37-5)30-33(4)26(22)39-16(2)12-32(3)14-21(18)35(31-25)9-10-36/h7-8,11,13,16,36H,6,9-10,12,14-15H2,1-5H3,(H2,27,29)/b8-7+/t16-/m0/s1. The predicted molar refractivity (Wildman–Crippen MR) is 146 cm³/mol. The third kappa shape index (κ3) is 5.07. The second-order valence-electron chi connectivity index (χ2n) is 9.58. The summed E-state index contributed by atoms with van der Waals surface area (Å²) < 4.78 is 23.2. The van der Waals surface area contributed by atoms with Gasteiger partial charge in [-0.25, -0.2) is 14.6 Å². The number of hydrogen-bond donors (Lipinski definition) is 2. The van der Waals surface area contributed by atoms with Crippen molar-refractivity contribution in [2.75, 3.05) is 39.6 Å². The van der Waals surface area contributed by atoms with Crippen LogP contribution in [0.4, 0.5) is 5.82 Å². The van der Waals surface area contributed by atoms with Crippen LogP contribution in [0.2, 0.25) is 0 Å². The van der Waals surface area contributed by atoms with E-state index < -0.39 is 0 Å². The third-order valence-corrected chi connectivity index (χ3v) is 6.53. The topological polar surface area (TPSA) is 143 Å². The normalized spacial score (nSPS) is 16.9. The van der Waals surface area contributed by atoms with Crippen molar-refractivity contribution in [3.05, 3.63) is 35.0 Å². The molecule has 5 rings (SSSR count). The molecule has 3 N–H and O–H groups in total. The molecule has 2 bridgehead atoms. The Hall–Kier alpha value is -3.94. The zero-order valence-corrected chi connectivity index (χ0v) is 23.0. The lowest BCUT2D eigenvalue weighted by Crippen LogP contribution is -2.32. The number of methoxy groups -OCH3 is 1. The summed E-state index contributed by atoms with van der Waals surface area (Å²) in [6, 6.07) is 0. The second-order valence-corrected chi connectivity index (χ2v) is 9.58. The maximum atomic E-state index is 9.71. The highest BCUT2D eigenvalue weighted by Gasteiger charge is 2.26. The van der Waals surface area contributed by atoms with Gasteiger partial charge in [-0.1, -0.05) is 0 Å². The molecule has 0 saturated carbocycles. The molecule has 1 aliphatic rings. The van der Waals surface area contributed by atoms with E-state index in [1.54, 1.807) is 22.7 Å². The minimum atomic E-state index is -0.200. The summed E-state index contributed by atoms with van der Waals surface area (Å²) in [5.41, 5.74) is 11.5. The summed E-state index contributed by atoms with van der Waals surface area (Å²) in [7, 11) is 5.49. The number of rotatable bonds is 6. The smallest absolute Gasteiger partial charge is 0.240 e. The molecule has 0 fully saturated rings. The minimum absolute atomic E-state index is 0.0397. The molecule has 39 heavy (non-hydrogen) atoms. The van der Waals surface area contributed by atoms with Gasteiger partial charge >= 0.3 is 0 Å². The molecule has 1 aliphatic heterocycles. The first kappa shape index (κ1) is 26.7. The van der Waals surface area contributed by atoms with Gasteiger partial charge < -0.3 is 25.1 Å². The lowest BCUT2D eigenvalue weighted by molar-refractivity contribution is 0.146. The van der Waals surface area contributed by atoms with Crippen molar-refractivity contribution in [1.82, 2.24) is 38.8 Å². The Bertz CT molecular complexity index is 1500. The molecule has 4 aromatic heterocycles. The predicted octanol–water partition coefficient (Wildman–Crippen LogP) is 1.83. The molecule has 4 aromatic rings. The van der Waals surface area contributed by atoms with Crippen molar-refractivity contribution in [1.29, 1.82) is 0 Å². The number of nitrogens with zero attached hydrogens (tertiary/aromatic N) is 8. The Morgan fingerprint density at radius 1 is 1.23 bits per heavy atom. The molecular formula is C26H35N9O4. The number of aliphatic hydroxyl groups is 1. The summed E-state index contributed by atoms with van der Waals surface area (Å²) in [5.74, 6) is 1.37. The molecule has 13 nitrogen and oxygen atoms in total. The van der Waals surface area contributed by atoms with Crippen LogP contribution in [-0.2, 0) is 31.5 Å². The zero-order chi connectivity index (χ0) is 27.7. The van der Waals surface area contributed by atoms with Gasteiger partial charge in [-0.15, -0.1) is 5.10 Å². The van der Waals surface area contributed by atoms with E-state index in [4.69, 9.17) is 19.9 Å². The van der Waals surface area contributed by atoms with Crippen LogP contribution in [0.5, 0.6) is 11.8 Å². The van der Waals surface area contributed by atoms with Crippen molar-refractivity contribution < 1.29 is 19.3 Å². The zero-order valence-electron chi connectivity index (χ0n) is 23.0. The summed E-state index contributed by atoms with van der Waals surface area (Å²) >= 11 is 0. The third-order valence-electron chi connectivity index (χ3n) is 6.53. The Balaban J connectivity index is 1.74. The number of likely N-dealkylation sites (N-methyl/N-ethyl adjacent to an activating group) is 1. The van der Waals surface area contributed by atoms with E-state index in [-0.39, 0.29) is 25.1 Å². The number of aryl methyl sites for hydroxylation is 1. The van der Waals surface area contributed by atoms with E-state index in [0.717, 1.165) is 22.5 Å². The molecule has 208 valence electrons. The highest BCUT2D eigenvalue weighted by molar-refractivity contribution is 5.77. The highest BCUT2D eigenvalue weighted by Crippen LogP contribution is 2.35. The van der Waals surface area contributed by atoms with E-state index in [1.165, 1.54) is 0 Å². The highest BCUT2D eigenvalue weighted by atomic mass is 16.5. The molecule has 1 atom stereocenters. The fraction of sp³-hybridized carbons (Fsp3) is 0.462. The van der Waals surface area contributed by atoms with E-state index in [1.807, 2.05) is 50.7 Å². The second kappa shape index (κ2) is 11.0. The average Bonchev–Trinajstić information content (AvgIpc) is 3.52. The van der Waals surface area contributed by atoms with Crippen LogP contribution in [0.15, 0.2) is 12.4 Å². The Morgan fingerprint density at radius 2 is 2.05 bits per heavy atom. The summed E-state index contributed by atoms with van der Waals surface area (Å²) in [5, 5.41) is 19.0. The molecule has 0 aliphatic carbocycles. The monoisotopic (exact) mass is 537 g/mol. The molecule has 0 spiro atoms. The van der Waals surface area contributed by atoms with Gasteiger partial charge in [0.2, 0.25) is 11.8 Å². The van der Waals surface area contributed by atoms with Crippen LogP contribution < -0.4 is 15.2 Å². The molecule has 13 heteroatoms. The number of fused-ring (bicyclic) bond motifs is 4. The molecule has 5 heterocycles. The fourth-order valence-corrected chi connectivity index (χ4v) is 4.97. The van der Waals surface area contributed by atoms with E-state index >= 15 is 0 Å². The van der Waals surface area contributed by atoms with Gasteiger partial charge in [-0.05, 0) is 33.0 Å². The number of imidazole rings is 1. The van der Waals surface area contributed by atoms with E-state index in [2.05, 4.69) is 25.1 Å². The Morgan fingerprint density at radius 3 is 2.79 bits per heavy atom. The number of anilines is 1. The minimum Gasteiger partial charge on any atom is -0.476 e. The molecule has 0 unspecified atom stereocenters.